The number of aromatic amines is 1. The molecule has 3 nitrogen and oxygen atoms in total. The normalized spacial score (nSPS) is 11.1. The van der Waals surface area contributed by atoms with E-state index in [0.717, 1.165) is 42.6 Å². The Morgan fingerprint density at radius 2 is 2.00 bits per heavy atom. The third-order valence-electron chi connectivity index (χ3n) is 3.74. The van der Waals surface area contributed by atoms with E-state index >= 15 is 0 Å². The molecule has 2 heterocycles. The van der Waals surface area contributed by atoms with Crippen LogP contribution in [-0.4, -0.2) is 16.5 Å². The number of aromatic nitrogens is 2. The van der Waals surface area contributed by atoms with Gasteiger partial charge >= 0.3 is 0 Å². The van der Waals surface area contributed by atoms with E-state index in [1.54, 1.807) is 12.4 Å². The molecule has 0 unspecified atom stereocenters. The van der Waals surface area contributed by atoms with Crippen molar-refractivity contribution < 1.29 is 0 Å². The average Bonchev–Trinajstić information content (AvgIpc) is 2.87. The van der Waals surface area contributed by atoms with Gasteiger partial charge in [0.05, 0.1) is 10.7 Å². The Morgan fingerprint density at radius 1 is 1.14 bits per heavy atom. The number of fused-ring (bicyclic) bond motifs is 1. The van der Waals surface area contributed by atoms with Crippen molar-refractivity contribution in [3.63, 3.8) is 0 Å². The maximum absolute atomic E-state index is 6.32. The second kappa shape index (κ2) is 6.29. The molecule has 21 heavy (non-hydrogen) atoms. The summed E-state index contributed by atoms with van der Waals surface area (Å²) in [6.07, 6.45) is 6.56. The minimum Gasteiger partial charge on any atom is -0.354 e. The lowest BCUT2D eigenvalue weighted by Crippen LogP contribution is -1.99. The standard InChI is InChI=1S/C17H18ClN3/c18-15-11-20-10-8-14(15)17-13(6-3-4-9-19)12-5-1-2-7-16(12)21-17/h1-2,5,7-8,10-11,21H,3-4,6,9,19H2. The van der Waals surface area contributed by atoms with Crippen molar-refractivity contribution in [2.45, 2.75) is 19.3 Å². The van der Waals surface area contributed by atoms with Gasteiger partial charge in [0.2, 0.25) is 0 Å². The molecule has 0 amide bonds. The highest BCUT2D eigenvalue weighted by Gasteiger charge is 2.14. The minimum absolute atomic E-state index is 0.670. The second-order valence-electron chi connectivity index (χ2n) is 5.13. The molecule has 0 radical (unpaired) electrons. The lowest BCUT2D eigenvalue weighted by molar-refractivity contribution is 0.748. The average molecular weight is 300 g/mol. The van der Waals surface area contributed by atoms with E-state index in [-0.39, 0.29) is 0 Å². The van der Waals surface area contributed by atoms with E-state index in [2.05, 4.69) is 28.2 Å². The number of benzene rings is 1. The molecular weight excluding hydrogens is 282 g/mol. The second-order valence-corrected chi connectivity index (χ2v) is 5.53. The van der Waals surface area contributed by atoms with E-state index < -0.39 is 0 Å². The Labute approximate surface area is 129 Å². The third kappa shape index (κ3) is 2.80. The molecule has 3 rings (SSSR count). The number of nitrogens with one attached hydrogen (secondary N) is 1. The number of hydrogen-bond acceptors (Lipinski definition) is 2. The summed E-state index contributed by atoms with van der Waals surface area (Å²) in [7, 11) is 0. The van der Waals surface area contributed by atoms with Gasteiger partial charge < -0.3 is 10.7 Å². The lowest BCUT2D eigenvalue weighted by Gasteiger charge is -2.06. The summed E-state index contributed by atoms with van der Waals surface area (Å²) in [4.78, 5) is 7.57. The molecule has 4 heteroatoms. The molecule has 0 spiro atoms. The number of pyridine rings is 1. The molecule has 108 valence electrons. The molecule has 1 aromatic carbocycles. The maximum Gasteiger partial charge on any atom is 0.0682 e. The highest BCUT2D eigenvalue weighted by Crippen LogP contribution is 2.34. The van der Waals surface area contributed by atoms with Crippen LogP contribution in [-0.2, 0) is 6.42 Å². The zero-order chi connectivity index (χ0) is 14.7. The van der Waals surface area contributed by atoms with Crippen LogP contribution in [0.4, 0.5) is 0 Å². The van der Waals surface area contributed by atoms with E-state index in [0.29, 0.717) is 5.02 Å². The maximum atomic E-state index is 6.32. The summed E-state index contributed by atoms with van der Waals surface area (Å²) in [5.74, 6) is 0. The minimum atomic E-state index is 0.670. The predicted octanol–water partition coefficient (Wildman–Crippen LogP) is 4.16. The largest absolute Gasteiger partial charge is 0.354 e. The van der Waals surface area contributed by atoms with Crippen molar-refractivity contribution in [3.8, 4) is 11.3 Å². The fourth-order valence-electron chi connectivity index (χ4n) is 2.71. The summed E-state index contributed by atoms with van der Waals surface area (Å²) in [6.45, 7) is 0.730. The Bertz CT molecular complexity index is 749. The zero-order valence-electron chi connectivity index (χ0n) is 11.8. The molecule has 0 aliphatic carbocycles. The van der Waals surface area contributed by atoms with Crippen LogP contribution in [0, 0.1) is 0 Å². The van der Waals surface area contributed by atoms with Gasteiger partial charge in [-0.3, -0.25) is 4.98 Å². The number of aryl methyl sites for hydroxylation is 1. The van der Waals surface area contributed by atoms with E-state index in [9.17, 15) is 0 Å². The molecule has 0 aliphatic rings. The lowest BCUT2D eigenvalue weighted by atomic mass is 10.0. The first-order chi connectivity index (χ1) is 10.3. The first-order valence-corrected chi connectivity index (χ1v) is 7.58. The number of rotatable bonds is 5. The summed E-state index contributed by atoms with van der Waals surface area (Å²) >= 11 is 6.32. The van der Waals surface area contributed by atoms with Crippen LogP contribution < -0.4 is 5.73 Å². The van der Waals surface area contributed by atoms with E-state index in [1.807, 2.05) is 12.1 Å². The number of H-pyrrole nitrogens is 1. The van der Waals surface area contributed by atoms with Gasteiger partial charge in [0, 0.05) is 28.9 Å². The molecule has 0 aliphatic heterocycles. The Hall–Kier alpha value is -1.84. The molecule has 0 bridgehead atoms. The fourth-order valence-corrected chi connectivity index (χ4v) is 2.93. The van der Waals surface area contributed by atoms with Crippen LogP contribution in [0.1, 0.15) is 18.4 Å². The van der Waals surface area contributed by atoms with Crippen molar-refractivity contribution in [1.82, 2.24) is 9.97 Å². The topological polar surface area (TPSA) is 54.7 Å². The highest BCUT2D eigenvalue weighted by molar-refractivity contribution is 6.33. The van der Waals surface area contributed by atoms with E-state index in [4.69, 9.17) is 17.3 Å². The fraction of sp³-hybridized carbons (Fsp3) is 0.235. The first-order valence-electron chi connectivity index (χ1n) is 7.21. The van der Waals surface area contributed by atoms with Gasteiger partial charge in [-0.05, 0) is 43.5 Å². The Kier molecular flexibility index (Phi) is 4.23. The van der Waals surface area contributed by atoms with Crippen molar-refractivity contribution in [2.24, 2.45) is 5.73 Å². The highest BCUT2D eigenvalue weighted by atomic mass is 35.5. The summed E-state index contributed by atoms with van der Waals surface area (Å²) in [6, 6.07) is 10.3. The van der Waals surface area contributed by atoms with E-state index in [1.165, 1.54) is 10.9 Å². The molecule has 3 N–H and O–H groups in total. The quantitative estimate of drug-likeness (QED) is 0.695. The number of nitrogens with two attached hydrogens (primary N) is 1. The van der Waals surface area contributed by atoms with Gasteiger partial charge in [-0.25, -0.2) is 0 Å². The smallest absolute Gasteiger partial charge is 0.0682 e. The van der Waals surface area contributed by atoms with Gasteiger partial charge in [-0.1, -0.05) is 29.8 Å². The van der Waals surface area contributed by atoms with Crippen LogP contribution in [0.25, 0.3) is 22.2 Å². The molecule has 0 atom stereocenters. The molecule has 0 saturated heterocycles. The predicted molar refractivity (Wildman–Crippen MR) is 88.5 cm³/mol. The monoisotopic (exact) mass is 299 g/mol. The Morgan fingerprint density at radius 3 is 2.81 bits per heavy atom. The van der Waals surface area contributed by atoms with Crippen molar-refractivity contribution >= 4 is 22.5 Å². The molecule has 2 aromatic heterocycles. The van der Waals surface area contributed by atoms with Crippen molar-refractivity contribution in [2.75, 3.05) is 6.54 Å². The van der Waals surface area contributed by atoms with Crippen LogP contribution in [0.15, 0.2) is 42.7 Å². The summed E-state index contributed by atoms with van der Waals surface area (Å²) in [5, 5.41) is 1.93. The van der Waals surface area contributed by atoms with Crippen LogP contribution in [0.3, 0.4) is 0 Å². The van der Waals surface area contributed by atoms with Crippen molar-refractivity contribution in [1.29, 1.82) is 0 Å². The molecule has 3 aromatic rings. The molecule has 0 saturated carbocycles. The van der Waals surface area contributed by atoms with Gasteiger partial charge in [0.15, 0.2) is 0 Å². The Balaban J connectivity index is 2.12. The molecule has 0 fully saturated rings. The SMILES string of the molecule is NCCCCc1c(-c2ccncc2Cl)[nH]c2ccccc12. The first kappa shape index (κ1) is 14.1. The van der Waals surface area contributed by atoms with Crippen LogP contribution in [0.5, 0.6) is 0 Å². The third-order valence-corrected chi connectivity index (χ3v) is 4.04. The number of halogens is 1. The number of para-hydroxylation sites is 1. The summed E-state index contributed by atoms with van der Waals surface area (Å²) in [5.41, 5.74) is 10.2. The molecular formula is C17H18ClN3. The van der Waals surface area contributed by atoms with Crippen LogP contribution >= 0.6 is 11.6 Å². The van der Waals surface area contributed by atoms with Gasteiger partial charge in [0.1, 0.15) is 0 Å². The number of nitrogens with zero attached hydrogens (tertiary/aromatic N) is 1. The number of unbranched alkanes of at least 4 members (excludes halogenated alkanes) is 1. The zero-order valence-corrected chi connectivity index (χ0v) is 12.5. The van der Waals surface area contributed by atoms with Gasteiger partial charge in [-0.15, -0.1) is 0 Å². The van der Waals surface area contributed by atoms with Gasteiger partial charge in [0.25, 0.3) is 0 Å². The van der Waals surface area contributed by atoms with Crippen molar-refractivity contribution in [3.05, 3.63) is 53.3 Å². The number of hydrogen-bond donors (Lipinski definition) is 2. The summed E-state index contributed by atoms with van der Waals surface area (Å²) < 4.78 is 0. The van der Waals surface area contributed by atoms with Gasteiger partial charge in [-0.2, -0.15) is 0 Å². The van der Waals surface area contributed by atoms with Crippen LogP contribution in [0.2, 0.25) is 5.02 Å².